The van der Waals surface area contributed by atoms with Crippen LogP contribution in [-0.4, -0.2) is 20.4 Å². The van der Waals surface area contributed by atoms with Crippen molar-refractivity contribution in [2.24, 2.45) is 7.05 Å². The molecule has 0 saturated carbocycles. The van der Waals surface area contributed by atoms with E-state index in [9.17, 15) is 14.0 Å². The molecule has 0 unspecified atom stereocenters. The van der Waals surface area contributed by atoms with E-state index in [4.69, 9.17) is 4.74 Å². The second-order valence-corrected chi connectivity index (χ2v) is 6.02. The van der Waals surface area contributed by atoms with Gasteiger partial charge in [0.15, 0.2) is 11.6 Å². The second kappa shape index (κ2) is 7.44. The molecule has 0 bridgehead atoms. The molecule has 3 rings (SSSR count). The maximum atomic E-state index is 14.2. The number of hydrogen-bond acceptors (Lipinski definition) is 5. The van der Waals surface area contributed by atoms with Crippen LogP contribution in [0.25, 0.3) is 0 Å². The smallest absolute Gasteiger partial charge is 0.263 e. The third-order valence-corrected chi connectivity index (χ3v) is 3.78. The Bertz CT molecular complexity index is 1040. The molecule has 132 valence electrons. The van der Waals surface area contributed by atoms with E-state index in [1.165, 1.54) is 36.3 Å². The molecule has 0 aliphatic rings. The molecule has 3 heterocycles. The van der Waals surface area contributed by atoms with Crippen LogP contribution < -0.4 is 15.6 Å². The van der Waals surface area contributed by atoms with E-state index in [0.717, 1.165) is 6.07 Å². The number of ether oxygens (including phenoxy) is 1. The molecule has 3 aromatic heterocycles. The molecule has 3 aromatic rings. The predicted molar refractivity (Wildman–Crippen MR) is 95.8 cm³/mol. The van der Waals surface area contributed by atoms with Crippen LogP contribution in [-0.2, 0) is 7.05 Å². The van der Waals surface area contributed by atoms with Gasteiger partial charge in [-0.25, -0.2) is 14.4 Å². The second-order valence-electron chi connectivity index (χ2n) is 5.21. The zero-order valence-corrected chi connectivity index (χ0v) is 15.0. The molecule has 0 aromatic carbocycles. The predicted octanol–water partition coefficient (Wildman–Crippen LogP) is 3.12. The van der Waals surface area contributed by atoms with Crippen LogP contribution in [0.4, 0.5) is 10.2 Å². The molecule has 0 aliphatic heterocycles. The Labute approximate surface area is 155 Å². The topological polar surface area (TPSA) is 86.1 Å². The van der Waals surface area contributed by atoms with Gasteiger partial charge in [0.1, 0.15) is 21.7 Å². The lowest BCUT2D eigenvalue weighted by Gasteiger charge is -2.09. The fraction of sp³-hybridized carbons (Fsp3) is 0.0588. The number of halogens is 2. The van der Waals surface area contributed by atoms with Gasteiger partial charge in [-0.1, -0.05) is 0 Å². The molecule has 1 N–H and O–H groups in total. The first-order chi connectivity index (χ1) is 12.4. The van der Waals surface area contributed by atoms with Crippen LogP contribution in [0.15, 0.2) is 58.3 Å². The summed E-state index contributed by atoms with van der Waals surface area (Å²) in [4.78, 5) is 31.9. The van der Waals surface area contributed by atoms with Crippen molar-refractivity contribution < 1.29 is 13.9 Å². The molecule has 9 heteroatoms. The lowest BCUT2D eigenvalue weighted by Crippen LogP contribution is -2.27. The van der Waals surface area contributed by atoms with Crippen molar-refractivity contribution in [3.8, 4) is 11.5 Å². The van der Waals surface area contributed by atoms with Gasteiger partial charge in [0.05, 0.1) is 6.20 Å². The van der Waals surface area contributed by atoms with Crippen LogP contribution in [0.1, 0.15) is 10.4 Å². The molecule has 1 amide bonds. The Morgan fingerprint density at radius 3 is 2.81 bits per heavy atom. The number of anilines is 1. The van der Waals surface area contributed by atoms with E-state index in [1.54, 1.807) is 18.2 Å². The van der Waals surface area contributed by atoms with Gasteiger partial charge >= 0.3 is 0 Å². The summed E-state index contributed by atoms with van der Waals surface area (Å²) in [5.74, 6) is -1.25. The molecule has 0 radical (unpaired) electrons. The van der Waals surface area contributed by atoms with Crippen LogP contribution in [0, 0.1) is 5.82 Å². The maximum absolute atomic E-state index is 14.2. The van der Waals surface area contributed by atoms with Crippen molar-refractivity contribution in [3.63, 3.8) is 0 Å². The average molecular weight is 419 g/mol. The molecular formula is C17H12BrFN4O3. The largest absolute Gasteiger partial charge is 0.455 e. The quantitative estimate of drug-likeness (QED) is 0.657. The van der Waals surface area contributed by atoms with Crippen LogP contribution in [0.2, 0.25) is 0 Å². The number of aromatic nitrogens is 3. The highest BCUT2D eigenvalue weighted by Gasteiger charge is 2.15. The minimum absolute atomic E-state index is 0.113. The highest BCUT2D eigenvalue weighted by molar-refractivity contribution is 9.10. The first kappa shape index (κ1) is 17.7. The normalized spacial score (nSPS) is 10.4. The molecule has 0 aliphatic carbocycles. The van der Waals surface area contributed by atoms with Crippen molar-refractivity contribution in [2.45, 2.75) is 0 Å². The van der Waals surface area contributed by atoms with Gasteiger partial charge in [-0.15, -0.1) is 0 Å². The van der Waals surface area contributed by atoms with Crippen molar-refractivity contribution in [2.75, 3.05) is 5.32 Å². The first-order valence-electron chi connectivity index (χ1n) is 7.36. The van der Waals surface area contributed by atoms with Gasteiger partial charge in [-0.2, -0.15) is 0 Å². The fourth-order valence-electron chi connectivity index (χ4n) is 2.10. The number of aryl methyl sites for hydroxylation is 1. The Morgan fingerprint density at radius 1 is 1.27 bits per heavy atom. The minimum Gasteiger partial charge on any atom is -0.455 e. The number of carbonyl (C=O) groups is 1. The number of amides is 1. The number of nitrogens with zero attached hydrogens (tertiary/aromatic N) is 3. The van der Waals surface area contributed by atoms with Gasteiger partial charge in [0.25, 0.3) is 11.5 Å². The van der Waals surface area contributed by atoms with Crippen molar-refractivity contribution >= 4 is 27.7 Å². The van der Waals surface area contributed by atoms with Gasteiger partial charge in [0, 0.05) is 31.6 Å². The highest BCUT2D eigenvalue weighted by Crippen LogP contribution is 2.25. The SMILES string of the molecule is Cn1cccc(C(=O)Nc2ncc(Oc3ccnc(Br)c3)cc2F)c1=O. The summed E-state index contributed by atoms with van der Waals surface area (Å²) >= 11 is 3.21. The summed E-state index contributed by atoms with van der Waals surface area (Å²) < 4.78 is 21.5. The molecule has 7 nitrogen and oxygen atoms in total. The van der Waals surface area contributed by atoms with E-state index in [2.05, 4.69) is 31.2 Å². The highest BCUT2D eigenvalue weighted by atomic mass is 79.9. The summed E-state index contributed by atoms with van der Waals surface area (Å²) in [6.07, 6.45) is 4.30. The Morgan fingerprint density at radius 2 is 2.08 bits per heavy atom. The minimum atomic E-state index is -0.795. The van der Waals surface area contributed by atoms with E-state index >= 15 is 0 Å². The third-order valence-electron chi connectivity index (χ3n) is 3.35. The van der Waals surface area contributed by atoms with Crippen molar-refractivity contribution in [1.82, 2.24) is 14.5 Å². The summed E-state index contributed by atoms with van der Waals surface area (Å²) in [5, 5.41) is 2.28. The standard InChI is InChI=1S/C17H12BrFN4O3/c1-23-6-2-3-12(17(23)25)16(24)22-15-13(19)7-11(9-21-15)26-10-4-5-20-14(18)8-10/h2-9H,1H3,(H,21,22,24). The number of carbonyl (C=O) groups excluding carboxylic acids is 1. The Hall–Kier alpha value is -3.07. The monoisotopic (exact) mass is 418 g/mol. The van der Waals surface area contributed by atoms with Gasteiger partial charge in [0.2, 0.25) is 0 Å². The zero-order valence-electron chi connectivity index (χ0n) is 13.4. The van der Waals surface area contributed by atoms with Crippen molar-refractivity contribution in [3.05, 3.63) is 75.3 Å². The summed E-state index contributed by atoms with van der Waals surface area (Å²) in [6, 6.07) is 7.20. The van der Waals surface area contributed by atoms with Crippen LogP contribution in [0.3, 0.4) is 0 Å². The number of nitrogens with one attached hydrogen (secondary N) is 1. The molecule has 26 heavy (non-hydrogen) atoms. The van der Waals surface area contributed by atoms with Gasteiger partial charge < -0.3 is 14.6 Å². The number of hydrogen-bond donors (Lipinski definition) is 1. The first-order valence-corrected chi connectivity index (χ1v) is 8.15. The molecular weight excluding hydrogens is 407 g/mol. The number of pyridine rings is 3. The van der Waals surface area contributed by atoms with Crippen LogP contribution in [0.5, 0.6) is 11.5 Å². The third kappa shape index (κ3) is 3.94. The van der Waals surface area contributed by atoms with Crippen molar-refractivity contribution in [1.29, 1.82) is 0 Å². The Balaban J connectivity index is 1.78. The van der Waals surface area contributed by atoms with E-state index in [-0.39, 0.29) is 17.1 Å². The fourth-order valence-corrected chi connectivity index (χ4v) is 2.44. The summed E-state index contributed by atoms with van der Waals surface area (Å²) in [5.41, 5.74) is -0.605. The zero-order chi connectivity index (χ0) is 18.7. The number of rotatable bonds is 4. The lowest BCUT2D eigenvalue weighted by molar-refractivity contribution is 0.102. The molecule has 0 spiro atoms. The molecule has 0 atom stereocenters. The van der Waals surface area contributed by atoms with E-state index < -0.39 is 17.3 Å². The molecule has 0 fully saturated rings. The van der Waals surface area contributed by atoms with Gasteiger partial charge in [-0.05, 0) is 34.1 Å². The van der Waals surface area contributed by atoms with Gasteiger partial charge in [-0.3, -0.25) is 9.59 Å². The summed E-state index contributed by atoms with van der Waals surface area (Å²) in [7, 11) is 1.52. The average Bonchev–Trinajstić information content (AvgIpc) is 2.59. The maximum Gasteiger partial charge on any atom is 0.263 e. The van der Waals surface area contributed by atoms with E-state index in [1.807, 2.05) is 0 Å². The van der Waals surface area contributed by atoms with E-state index in [0.29, 0.717) is 10.4 Å². The summed E-state index contributed by atoms with van der Waals surface area (Å²) in [6.45, 7) is 0. The lowest BCUT2D eigenvalue weighted by atomic mass is 10.2. The van der Waals surface area contributed by atoms with Crippen LogP contribution >= 0.6 is 15.9 Å². The Kier molecular flexibility index (Phi) is 5.08. The molecule has 0 saturated heterocycles.